The summed E-state index contributed by atoms with van der Waals surface area (Å²) in [5, 5.41) is 28.8. The molecule has 4 nitrogen and oxygen atoms in total. The van der Waals surface area contributed by atoms with Crippen molar-refractivity contribution in [1.82, 2.24) is 0 Å². The number of hydrogen-bond acceptors (Lipinski definition) is 3. The molecule has 0 aromatic rings. The molecule has 2 saturated heterocycles. The molecule has 6 atom stereocenters. The highest BCUT2D eigenvalue weighted by atomic mass is 16.3. The van der Waals surface area contributed by atoms with Crippen LogP contribution in [0.4, 0.5) is 0 Å². The summed E-state index contributed by atoms with van der Waals surface area (Å²) in [6.07, 6.45) is -0.118. The van der Waals surface area contributed by atoms with Crippen molar-refractivity contribution in [3.63, 3.8) is 0 Å². The molecule has 0 spiro atoms. The van der Waals surface area contributed by atoms with Crippen LogP contribution < -0.4 is 4.90 Å². The maximum absolute atomic E-state index is 9.69. The molecule has 0 bridgehead atoms. The zero-order valence-corrected chi connectivity index (χ0v) is 7.85. The average Bonchev–Trinajstić information content (AvgIpc) is 2.38. The van der Waals surface area contributed by atoms with E-state index in [1.165, 1.54) is 4.90 Å². The second-order valence-electron chi connectivity index (χ2n) is 4.41. The summed E-state index contributed by atoms with van der Waals surface area (Å²) in [5.41, 5.74) is 0. The van der Waals surface area contributed by atoms with Crippen molar-refractivity contribution in [1.29, 1.82) is 0 Å². The molecule has 76 valence electrons. The molecule has 2 fully saturated rings. The minimum Gasteiger partial charge on any atom is -0.387 e. The number of aliphatic hydroxyl groups is 3. The predicted octanol–water partition coefficient (Wildman–Crippen LogP) is -2.48. The number of rotatable bonds is 0. The van der Waals surface area contributed by atoms with E-state index in [4.69, 9.17) is 0 Å². The SMILES string of the molecule is C[C@@H]1CC[C@H](O)[C@H]2[C@H](O)[C@H](O)C[NH+]21. The van der Waals surface area contributed by atoms with Crippen LogP contribution in [0.25, 0.3) is 0 Å². The first-order valence-corrected chi connectivity index (χ1v) is 5.01. The van der Waals surface area contributed by atoms with E-state index in [1.54, 1.807) is 0 Å². The molecule has 0 aromatic carbocycles. The standard InChI is InChI=1S/C9H17NO3/c1-5-2-3-6(11)8-9(13)7(12)4-10(5)8/h5-9,11-13H,2-4H2,1H3/p+1/t5-,6+,7-,8+,9-/m1/s1. The minimum absolute atomic E-state index is 0.168. The summed E-state index contributed by atoms with van der Waals surface area (Å²) >= 11 is 0. The lowest BCUT2D eigenvalue weighted by atomic mass is 9.93. The normalized spacial score (nSPS) is 56.3. The Labute approximate surface area is 77.8 Å². The molecular weight excluding hydrogens is 170 g/mol. The lowest BCUT2D eigenvalue weighted by Crippen LogP contribution is -3.20. The molecule has 0 radical (unpaired) electrons. The zero-order chi connectivity index (χ0) is 9.59. The largest absolute Gasteiger partial charge is 0.387 e. The molecule has 0 aromatic heterocycles. The minimum atomic E-state index is -0.743. The monoisotopic (exact) mass is 188 g/mol. The Balaban J connectivity index is 2.17. The summed E-state index contributed by atoms with van der Waals surface area (Å²) in [6, 6.07) is 0.277. The Kier molecular flexibility index (Phi) is 2.32. The van der Waals surface area contributed by atoms with Gasteiger partial charge in [0.05, 0.1) is 6.04 Å². The number of hydrogen-bond donors (Lipinski definition) is 4. The Bertz CT molecular complexity index is 199. The summed E-state index contributed by atoms with van der Waals surface area (Å²) in [6.45, 7) is 2.68. The first-order chi connectivity index (χ1) is 6.11. The van der Waals surface area contributed by atoms with Crippen LogP contribution in [-0.4, -0.2) is 52.3 Å². The van der Waals surface area contributed by atoms with Crippen LogP contribution in [0.3, 0.4) is 0 Å². The Hall–Kier alpha value is -0.160. The predicted molar refractivity (Wildman–Crippen MR) is 46.3 cm³/mol. The molecule has 4 N–H and O–H groups in total. The second-order valence-corrected chi connectivity index (χ2v) is 4.41. The smallest absolute Gasteiger partial charge is 0.143 e. The quantitative estimate of drug-likeness (QED) is 0.340. The van der Waals surface area contributed by atoms with Gasteiger partial charge in [-0.2, -0.15) is 0 Å². The highest BCUT2D eigenvalue weighted by Crippen LogP contribution is 2.17. The fraction of sp³-hybridized carbons (Fsp3) is 1.00. The molecule has 0 saturated carbocycles. The van der Waals surface area contributed by atoms with Crippen LogP contribution in [0.1, 0.15) is 19.8 Å². The number of piperidine rings is 1. The molecule has 0 amide bonds. The van der Waals surface area contributed by atoms with E-state index in [9.17, 15) is 15.3 Å². The van der Waals surface area contributed by atoms with E-state index < -0.39 is 18.3 Å². The van der Waals surface area contributed by atoms with E-state index in [2.05, 4.69) is 6.92 Å². The van der Waals surface area contributed by atoms with Gasteiger partial charge >= 0.3 is 0 Å². The number of quaternary nitrogens is 1. The third kappa shape index (κ3) is 1.38. The Morgan fingerprint density at radius 3 is 2.38 bits per heavy atom. The maximum atomic E-state index is 9.69. The molecule has 4 heteroatoms. The molecule has 0 aliphatic carbocycles. The van der Waals surface area contributed by atoms with Gasteiger partial charge in [-0.1, -0.05) is 0 Å². The zero-order valence-electron chi connectivity index (χ0n) is 7.85. The van der Waals surface area contributed by atoms with Crippen molar-refractivity contribution < 1.29 is 20.2 Å². The van der Waals surface area contributed by atoms with Crippen molar-refractivity contribution >= 4 is 0 Å². The maximum Gasteiger partial charge on any atom is 0.143 e. The van der Waals surface area contributed by atoms with Gasteiger partial charge in [-0.25, -0.2) is 0 Å². The lowest BCUT2D eigenvalue weighted by molar-refractivity contribution is -0.946. The third-order valence-corrected chi connectivity index (χ3v) is 3.58. The van der Waals surface area contributed by atoms with E-state index in [0.717, 1.165) is 12.8 Å². The van der Waals surface area contributed by atoms with Crippen LogP contribution in [0, 0.1) is 0 Å². The summed E-state index contributed by atoms with van der Waals surface area (Å²) in [5.74, 6) is 0. The van der Waals surface area contributed by atoms with E-state index in [-0.39, 0.29) is 6.04 Å². The average molecular weight is 188 g/mol. The summed E-state index contributed by atoms with van der Waals surface area (Å²) < 4.78 is 0. The first-order valence-electron chi connectivity index (χ1n) is 5.01. The van der Waals surface area contributed by atoms with Gasteiger partial charge in [-0.05, 0) is 13.3 Å². The molecule has 13 heavy (non-hydrogen) atoms. The highest BCUT2D eigenvalue weighted by molar-refractivity contribution is 4.89. The van der Waals surface area contributed by atoms with Gasteiger partial charge in [0, 0.05) is 6.42 Å². The van der Waals surface area contributed by atoms with Gasteiger partial charge in [0.15, 0.2) is 0 Å². The van der Waals surface area contributed by atoms with Crippen LogP contribution in [0.15, 0.2) is 0 Å². The fourth-order valence-electron chi connectivity index (χ4n) is 2.75. The van der Waals surface area contributed by atoms with Gasteiger partial charge in [0.2, 0.25) is 0 Å². The summed E-state index contributed by atoms with van der Waals surface area (Å²) in [7, 11) is 0. The first kappa shape index (κ1) is 9.40. The van der Waals surface area contributed by atoms with Gasteiger partial charge in [-0.15, -0.1) is 0 Å². The molecule has 2 rings (SSSR count). The van der Waals surface area contributed by atoms with Gasteiger partial charge in [-0.3, -0.25) is 0 Å². The molecule has 2 aliphatic rings. The van der Waals surface area contributed by atoms with E-state index >= 15 is 0 Å². The van der Waals surface area contributed by atoms with Crippen LogP contribution >= 0.6 is 0 Å². The van der Waals surface area contributed by atoms with Crippen molar-refractivity contribution in [2.45, 2.75) is 50.2 Å². The van der Waals surface area contributed by atoms with Crippen LogP contribution in [0.5, 0.6) is 0 Å². The molecule has 2 aliphatic heterocycles. The Morgan fingerprint density at radius 2 is 1.77 bits per heavy atom. The number of aliphatic hydroxyl groups excluding tert-OH is 3. The molecular formula is C9H18NO3+. The third-order valence-electron chi connectivity index (χ3n) is 3.58. The highest BCUT2D eigenvalue weighted by Gasteiger charge is 2.51. The second kappa shape index (κ2) is 3.20. The topological polar surface area (TPSA) is 65.1 Å². The van der Waals surface area contributed by atoms with Crippen molar-refractivity contribution in [3.05, 3.63) is 0 Å². The van der Waals surface area contributed by atoms with Crippen LogP contribution in [0.2, 0.25) is 0 Å². The number of nitrogens with one attached hydrogen (secondary N) is 1. The lowest BCUT2D eigenvalue weighted by Gasteiger charge is -2.36. The van der Waals surface area contributed by atoms with Gasteiger partial charge < -0.3 is 20.2 Å². The van der Waals surface area contributed by atoms with Gasteiger partial charge in [0.25, 0.3) is 0 Å². The Morgan fingerprint density at radius 1 is 1.08 bits per heavy atom. The van der Waals surface area contributed by atoms with Gasteiger partial charge in [0.1, 0.15) is 30.9 Å². The van der Waals surface area contributed by atoms with E-state index in [1.807, 2.05) is 0 Å². The van der Waals surface area contributed by atoms with Crippen molar-refractivity contribution in [2.24, 2.45) is 0 Å². The fourth-order valence-corrected chi connectivity index (χ4v) is 2.75. The van der Waals surface area contributed by atoms with Crippen molar-refractivity contribution in [3.8, 4) is 0 Å². The molecule has 2 heterocycles. The summed E-state index contributed by atoms with van der Waals surface area (Å²) in [4.78, 5) is 1.17. The van der Waals surface area contributed by atoms with Crippen molar-refractivity contribution in [2.75, 3.05) is 6.54 Å². The molecule has 1 unspecified atom stereocenters. The van der Waals surface area contributed by atoms with Crippen LogP contribution in [-0.2, 0) is 0 Å². The number of fused-ring (bicyclic) bond motifs is 1. The van der Waals surface area contributed by atoms with E-state index in [0.29, 0.717) is 12.6 Å².